The van der Waals surface area contributed by atoms with Crippen molar-refractivity contribution in [3.8, 4) is 0 Å². The van der Waals surface area contributed by atoms with Gasteiger partial charge in [0.1, 0.15) is 0 Å². The Morgan fingerprint density at radius 1 is 1.27 bits per heavy atom. The molecule has 1 unspecified atom stereocenters. The highest BCUT2D eigenvalue weighted by atomic mass is 32.2. The molecule has 1 saturated heterocycles. The number of thioether (sulfide) groups is 1. The lowest BCUT2D eigenvalue weighted by Crippen LogP contribution is -2.31. The van der Waals surface area contributed by atoms with E-state index in [0.717, 1.165) is 11.8 Å². The van der Waals surface area contributed by atoms with Crippen molar-refractivity contribution in [2.75, 3.05) is 13.1 Å². The Balaban J connectivity index is 2.00. The molecule has 1 aliphatic heterocycles. The minimum absolute atomic E-state index is 0.765. The van der Waals surface area contributed by atoms with E-state index in [1.807, 2.05) is 11.8 Å². The second kappa shape index (κ2) is 5.04. The van der Waals surface area contributed by atoms with Crippen molar-refractivity contribution in [3.05, 3.63) is 29.3 Å². The van der Waals surface area contributed by atoms with Crippen LogP contribution in [0.5, 0.6) is 0 Å². The predicted molar refractivity (Wildman–Crippen MR) is 67.7 cm³/mol. The molecule has 2 rings (SSSR count). The monoisotopic (exact) mass is 221 g/mol. The van der Waals surface area contributed by atoms with Crippen molar-refractivity contribution in [1.82, 2.24) is 5.32 Å². The Bertz CT molecular complexity index is 329. The SMILES string of the molecule is Cc1ccc(SC2CCCNC2)cc1C. The standard InChI is InChI=1S/C13H19NS/c1-10-5-6-12(8-11(10)2)15-13-4-3-7-14-9-13/h5-6,8,13-14H,3-4,7,9H2,1-2H3. The minimum Gasteiger partial charge on any atom is -0.316 e. The number of nitrogens with one attached hydrogen (secondary N) is 1. The average Bonchev–Trinajstić information content (AvgIpc) is 2.25. The van der Waals surface area contributed by atoms with E-state index in [4.69, 9.17) is 0 Å². The smallest absolute Gasteiger partial charge is 0.0220 e. The van der Waals surface area contributed by atoms with E-state index in [0.29, 0.717) is 0 Å². The Morgan fingerprint density at radius 3 is 2.80 bits per heavy atom. The Labute approximate surface area is 96.7 Å². The van der Waals surface area contributed by atoms with Crippen molar-refractivity contribution in [2.45, 2.75) is 36.8 Å². The second-order valence-corrected chi connectivity index (χ2v) is 5.71. The van der Waals surface area contributed by atoms with Crippen molar-refractivity contribution in [2.24, 2.45) is 0 Å². The van der Waals surface area contributed by atoms with Gasteiger partial charge >= 0.3 is 0 Å². The molecule has 82 valence electrons. The van der Waals surface area contributed by atoms with Crippen LogP contribution < -0.4 is 5.32 Å². The maximum absolute atomic E-state index is 3.46. The van der Waals surface area contributed by atoms with Crippen LogP contribution in [0.1, 0.15) is 24.0 Å². The molecule has 1 aromatic carbocycles. The molecule has 2 heteroatoms. The van der Waals surface area contributed by atoms with Gasteiger partial charge in [0.2, 0.25) is 0 Å². The van der Waals surface area contributed by atoms with Crippen molar-refractivity contribution < 1.29 is 0 Å². The maximum atomic E-state index is 3.46. The third-order valence-corrected chi connectivity index (χ3v) is 4.29. The van der Waals surface area contributed by atoms with Gasteiger partial charge in [-0.05, 0) is 56.5 Å². The number of benzene rings is 1. The van der Waals surface area contributed by atoms with E-state index in [2.05, 4.69) is 37.4 Å². The summed E-state index contributed by atoms with van der Waals surface area (Å²) in [7, 11) is 0. The summed E-state index contributed by atoms with van der Waals surface area (Å²) in [5.41, 5.74) is 2.80. The van der Waals surface area contributed by atoms with Crippen LogP contribution in [-0.2, 0) is 0 Å². The largest absolute Gasteiger partial charge is 0.316 e. The Hall–Kier alpha value is -0.470. The highest BCUT2D eigenvalue weighted by Gasteiger charge is 2.13. The van der Waals surface area contributed by atoms with Gasteiger partial charge in [-0.3, -0.25) is 0 Å². The van der Waals surface area contributed by atoms with Crippen LogP contribution >= 0.6 is 11.8 Å². The maximum Gasteiger partial charge on any atom is 0.0220 e. The molecular formula is C13H19NS. The van der Waals surface area contributed by atoms with Gasteiger partial charge in [0, 0.05) is 16.7 Å². The van der Waals surface area contributed by atoms with Gasteiger partial charge in [0.05, 0.1) is 0 Å². The van der Waals surface area contributed by atoms with Crippen molar-refractivity contribution in [1.29, 1.82) is 0 Å². The molecule has 1 aromatic rings. The van der Waals surface area contributed by atoms with Gasteiger partial charge in [0.15, 0.2) is 0 Å². The van der Waals surface area contributed by atoms with Crippen LogP contribution in [-0.4, -0.2) is 18.3 Å². The summed E-state index contributed by atoms with van der Waals surface area (Å²) in [5.74, 6) is 0. The quantitative estimate of drug-likeness (QED) is 0.823. The molecule has 1 fully saturated rings. The number of piperidine rings is 1. The molecule has 0 bridgehead atoms. The Kier molecular flexibility index (Phi) is 3.71. The minimum atomic E-state index is 0.765. The van der Waals surface area contributed by atoms with E-state index in [-0.39, 0.29) is 0 Å². The normalized spacial score (nSPS) is 21.6. The van der Waals surface area contributed by atoms with Crippen molar-refractivity contribution >= 4 is 11.8 Å². The Morgan fingerprint density at radius 2 is 2.13 bits per heavy atom. The molecule has 0 amide bonds. The van der Waals surface area contributed by atoms with Crippen LogP contribution in [0.2, 0.25) is 0 Å². The van der Waals surface area contributed by atoms with Crippen LogP contribution in [0.25, 0.3) is 0 Å². The van der Waals surface area contributed by atoms with Crippen LogP contribution in [0, 0.1) is 13.8 Å². The molecule has 1 aliphatic rings. The van der Waals surface area contributed by atoms with E-state index in [1.54, 1.807) is 0 Å². The van der Waals surface area contributed by atoms with Gasteiger partial charge in [0.25, 0.3) is 0 Å². The molecule has 0 radical (unpaired) electrons. The average molecular weight is 221 g/mol. The van der Waals surface area contributed by atoms with Crippen molar-refractivity contribution in [3.63, 3.8) is 0 Å². The third kappa shape index (κ3) is 2.99. The van der Waals surface area contributed by atoms with E-state index >= 15 is 0 Å². The van der Waals surface area contributed by atoms with E-state index in [1.165, 1.54) is 35.4 Å². The topological polar surface area (TPSA) is 12.0 Å². The van der Waals surface area contributed by atoms with Crippen LogP contribution in [0.3, 0.4) is 0 Å². The van der Waals surface area contributed by atoms with E-state index in [9.17, 15) is 0 Å². The zero-order valence-corrected chi connectivity index (χ0v) is 10.4. The molecule has 1 heterocycles. The molecule has 1 N–H and O–H groups in total. The van der Waals surface area contributed by atoms with Gasteiger partial charge in [-0.15, -0.1) is 11.8 Å². The molecule has 0 spiro atoms. The molecular weight excluding hydrogens is 202 g/mol. The fourth-order valence-corrected chi connectivity index (χ4v) is 3.16. The summed E-state index contributed by atoms with van der Waals surface area (Å²) in [6, 6.07) is 6.80. The molecule has 0 aromatic heterocycles. The lowest BCUT2D eigenvalue weighted by molar-refractivity contribution is 0.531. The zero-order chi connectivity index (χ0) is 10.7. The summed E-state index contributed by atoms with van der Waals surface area (Å²) in [5, 5.41) is 4.22. The number of hydrogen-bond donors (Lipinski definition) is 1. The molecule has 1 nitrogen and oxygen atoms in total. The first-order valence-corrected chi connectivity index (χ1v) is 6.58. The molecule has 1 atom stereocenters. The van der Waals surface area contributed by atoms with Gasteiger partial charge in [-0.25, -0.2) is 0 Å². The second-order valence-electron chi connectivity index (χ2n) is 4.33. The van der Waals surface area contributed by atoms with Gasteiger partial charge in [-0.1, -0.05) is 6.07 Å². The fraction of sp³-hybridized carbons (Fsp3) is 0.538. The van der Waals surface area contributed by atoms with Crippen LogP contribution in [0.4, 0.5) is 0 Å². The van der Waals surface area contributed by atoms with Gasteiger partial charge in [-0.2, -0.15) is 0 Å². The zero-order valence-electron chi connectivity index (χ0n) is 9.55. The number of aryl methyl sites for hydroxylation is 2. The summed E-state index contributed by atoms with van der Waals surface area (Å²) in [6.45, 7) is 6.73. The summed E-state index contributed by atoms with van der Waals surface area (Å²) in [4.78, 5) is 1.42. The lowest BCUT2D eigenvalue weighted by atomic mass is 10.1. The highest BCUT2D eigenvalue weighted by molar-refractivity contribution is 8.00. The predicted octanol–water partition coefficient (Wildman–Crippen LogP) is 3.15. The van der Waals surface area contributed by atoms with Gasteiger partial charge < -0.3 is 5.32 Å². The first-order valence-electron chi connectivity index (χ1n) is 5.70. The molecule has 15 heavy (non-hydrogen) atoms. The highest BCUT2D eigenvalue weighted by Crippen LogP contribution is 2.28. The summed E-state index contributed by atoms with van der Waals surface area (Å²) < 4.78 is 0. The van der Waals surface area contributed by atoms with E-state index < -0.39 is 0 Å². The first-order chi connectivity index (χ1) is 7.25. The number of hydrogen-bond acceptors (Lipinski definition) is 2. The third-order valence-electron chi connectivity index (χ3n) is 3.03. The molecule has 0 aliphatic carbocycles. The molecule has 0 saturated carbocycles. The summed E-state index contributed by atoms with van der Waals surface area (Å²) in [6.07, 6.45) is 2.67. The number of rotatable bonds is 2. The first kappa shape index (κ1) is 11.0. The lowest BCUT2D eigenvalue weighted by Gasteiger charge is -2.22. The summed E-state index contributed by atoms with van der Waals surface area (Å²) >= 11 is 2.02. The van der Waals surface area contributed by atoms with Crippen LogP contribution in [0.15, 0.2) is 23.1 Å². The fourth-order valence-electron chi connectivity index (χ4n) is 1.90.